The Balaban J connectivity index is 2.38. The van der Waals surface area contributed by atoms with Gasteiger partial charge in [-0.05, 0) is 35.7 Å². The molecule has 2 aromatic carbocycles. The molecule has 0 heterocycles. The van der Waals surface area contributed by atoms with Gasteiger partial charge in [-0.2, -0.15) is 0 Å². The fourth-order valence-electron chi connectivity index (χ4n) is 2.45. The average Bonchev–Trinajstić information content (AvgIpc) is 2.54. The lowest BCUT2D eigenvalue weighted by atomic mass is 9.99. The highest BCUT2D eigenvalue weighted by Crippen LogP contribution is 2.39. The Bertz CT molecular complexity index is 665. The van der Waals surface area contributed by atoms with E-state index in [-0.39, 0.29) is 5.91 Å². The van der Waals surface area contributed by atoms with Crippen LogP contribution in [-0.2, 0) is 11.2 Å². The first-order chi connectivity index (χ1) is 11.0. The predicted octanol–water partition coefficient (Wildman–Crippen LogP) is 3.31. The Morgan fingerprint density at radius 2 is 1.52 bits per heavy atom. The maximum Gasteiger partial charge on any atom is 0.226 e. The molecule has 1 amide bonds. The van der Waals surface area contributed by atoms with E-state index in [9.17, 15) is 4.79 Å². The molecule has 122 valence electrons. The largest absolute Gasteiger partial charge is 0.496 e. The van der Waals surface area contributed by atoms with Crippen LogP contribution in [-0.4, -0.2) is 39.1 Å². The molecule has 0 aromatic heterocycles. The van der Waals surface area contributed by atoms with E-state index in [1.54, 1.807) is 33.2 Å². The molecule has 0 spiro atoms. The lowest BCUT2D eigenvalue weighted by molar-refractivity contribution is -0.127. The minimum Gasteiger partial charge on any atom is -0.496 e. The maximum absolute atomic E-state index is 11.8. The summed E-state index contributed by atoms with van der Waals surface area (Å²) in [7, 11) is 6.83. The number of hydrogen-bond donors (Lipinski definition) is 0. The van der Waals surface area contributed by atoms with Gasteiger partial charge in [-0.3, -0.25) is 4.79 Å². The summed E-state index contributed by atoms with van der Waals surface area (Å²) in [6.07, 6.45) is 0.398. The molecule has 2 rings (SSSR count). The van der Waals surface area contributed by atoms with Gasteiger partial charge in [0.1, 0.15) is 11.5 Å². The second-order valence-corrected chi connectivity index (χ2v) is 5.71. The quantitative estimate of drug-likeness (QED) is 0.850. The summed E-state index contributed by atoms with van der Waals surface area (Å²) in [5, 5.41) is 0. The van der Waals surface area contributed by atoms with Crippen molar-refractivity contribution in [2.75, 3.05) is 28.3 Å². The van der Waals surface area contributed by atoms with Crippen LogP contribution < -0.4 is 9.47 Å². The van der Waals surface area contributed by atoms with Crippen molar-refractivity contribution in [2.24, 2.45) is 0 Å². The molecule has 0 saturated heterocycles. The van der Waals surface area contributed by atoms with E-state index < -0.39 is 0 Å². The van der Waals surface area contributed by atoms with Gasteiger partial charge in [-0.15, -0.1) is 0 Å². The zero-order valence-corrected chi connectivity index (χ0v) is 14.3. The highest BCUT2D eigenvalue weighted by Gasteiger charge is 2.14. The number of carbonyl (C=O) groups is 1. The third kappa shape index (κ3) is 3.83. The van der Waals surface area contributed by atoms with Gasteiger partial charge < -0.3 is 14.4 Å². The first-order valence-corrected chi connectivity index (χ1v) is 7.48. The molecular formula is C19H23NO3. The summed E-state index contributed by atoms with van der Waals surface area (Å²) in [4.78, 5) is 13.4. The molecule has 0 saturated carbocycles. The third-order valence-electron chi connectivity index (χ3n) is 3.75. The van der Waals surface area contributed by atoms with Gasteiger partial charge in [0.05, 0.1) is 26.2 Å². The molecule has 0 aliphatic rings. The lowest BCUT2D eigenvalue weighted by Gasteiger charge is -2.15. The van der Waals surface area contributed by atoms with Crippen molar-refractivity contribution in [3.8, 4) is 22.6 Å². The van der Waals surface area contributed by atoms with E-state index in [1.165, 1.54) is 0 Å². The molecule has 0 aliphatic heterocycles. The summed E-state index contributed by atoms with van der Waals surface area (Å²) in [5.41, 5.74) is 3.99. The second kappa shape index (κ2) is 7.18. The van der Waals surface area contributed by atoms with E-state index in [0.29, 0.717) is 6.42 Å². The average molecular weight is 313 g/mol. The van der Waals surface area contributed by atoms with Crippen molar-refractivity contribution < 1.29 is 14.3 Å². The van der Waals surface area contributed by atoms with Crippen molar-refractivity contribution in [1.29, 1.82) is 0 Å². The molecule has 0 atom stereocenters. The summed E-state index contributed by atoms with van der Waals surface area (Å²) in [6.45, 7) is 2.00. The molecular weight excluding hydrogens is 290 g/mol. The number of benzene rings is 2. The van der Waals surface area contributed by atoms with Gasteiger partial charge in [0, 0.05) is 14.1 Å². The summed E-state index contributed by atoms with van der Waals surface area (Å²) in [6, 6.07) is 11.9. The molecule has 4 nitrogen and oxygen atoms in total. The Labute approximate surface area is 137 Å². The summed E-state index contributed by atoms with van der Waals surface area (Å²) >= 11 is 0. The Hall–Kier alpha value is -2.49. The van der Waals surface area contributed by atoms with Crippen LogP contribution in [0.4, 0.5) is 0 Å². The minimum absolute atomic E-state index is 0.0863. The normalized spacial score (nSPS) is 10.3. The number of aryl methyl sites for hydroxylation is 1. The van der Waals surface area contributed by atoms with Gasteiger partial charge in [0.25, 0.3) is 0 Å². The summed E-state index contributed by atoms with van der Waals surface area (Å²) < 4.78 is 11.0. The van der Waals surface area contributed by atoms with Gasteiger partial charge in [0.15, 0.2) is 0 Å². The smallest absolute Gasteiger partial charge is 0.226 e. The van der Waals surface area contributed by atoms with Crippen LogP contribution in [0.15, 0.2) is 36.4 Å². The van der Waals surface area contributed by atoms with E-state index in [0.717, 1.165) is 33.8 Å². The van der Waals surface area contributed by atoms with Gasteiger partial charge in [-0.25, -0.2) is 0 Å². The second-order valence-electron chi connectivity index (χ2n) is 5.71. The van der Waals surface area contributed by atoms with Gasteiger partial charge >= 0.3 is 0 Å². The van der Waals surface area contributed by atoms with E-state index in [1.807, 2.05) is 43.3 Å². The first-order valence-electron chi connectivity index (χ1n) is 7.48. The summed E-state index contributed by atoms with van der Waals surface area (Å²) in [5.74, 6) is 1.64. The Kier molecular flexibility index (Phi) is 5.27. The van der Waals surface area contributed by atoms with Gasteiger partial charge in [-0.1, -0.05) is 24.3 Å². The molecule has 0 aliphatic carbocycles. The van der Waals surface area contributed by atoms with Crippen LogP contribution >= 0.6 is 0 Å². The topological polar surface area (TPSA) is 38.8 Å². The molecule has 0 fully saturated rings. The molecule has 0 unspecified atom stereocenters. The van der Waals surface area contributed by atoms with Crippen molar-refractivity contribution in [2.45, 2.75) is 13.3 Å². The highest BCUT2D eigenvalue weighted by atomic mass is 16.5. The van der Waals surface area contributed by atoms with E-state index in [4.69, 9.17) is 9.47 Å². The molecule has 0 radical (unpaired) electrons. The van der Waals surface area contributed by atoms with Crippen LogP contribution in [0, 0.1) is 6.92 Å². The SMILES string of the molecule is COc1cc(C)cc(OC)c1-c1ccc(CC(=O)N(C)C)cc1. The number of ether oxygens (including phenoxy) is 2. The number of nitrogens with zero attached hydrogens (tertiary/aromatic N) is 1. The van der Waals surface area contributed by atoms with E-state index in [2.05, 4.69) is 0 Å². The number of methoxy groups -OCH3 is 2. The third-order valence-corrected chi connectivity index (χ3v) is 3.75. The number of likely N-dealkylation sites (N-methyl/N-ethyl adjacent to an activating group) is 1. The molecule has 2 aromatic rings. The molecule has 23 heavy (non-hydrogen) atoms. The van der Waals surface area contributed by atoms with Crippen LogP contribution in [0.5, 0.6) is 11.5 Å². The maximum atomic E-state index is 11.8. The van der Waals surface area contributed by atoms with Crippen molar-refractivity contribution in [1.82, 2.24) is 4.90 Å². The van der Waals surface area contributed by atoms with Crippen molar-refractivity contribution >= 4 is 5.91 Å². The van der Waals surface area contributed by atoms with Gasteiger partial charge in [0.2, 0.25) is 5.91 Å². The van der Waals surface area contributed by atoms with Crippen LogP contribution in [0.1, 0.15) is 11.1 Å². The van der Waals surface area contributed by atoms with Crippen LogP contribution in [0.25, 0.3) is 11.1 Å². The Morgan fingerprint density at radius 3 is 1.96 bits per heavy atom. The Morgan fingerprint density at radius 1 is 1.00 bits per heavy atom. The molecule has 0 N–H and O–H groups in total. The van der Waals surface area contributed by atoms with Crippen LogP contribution in [0.2, 0.25) is 0 Å². The minimum atomic E-state index is 0.0863. The fourth-order valence-corrected chi connectivity index (χ4v) is 2.45. The monoisotopic (exact) mass is 313 g/mol. The van der Waals surface area contributed by atoms with Crippen molar-refractivity contribution in [3.05, 3.63) is 47.5 Å². The number of hydrogen-bond acceptors (Lipinski definition) is 3. The molecule has 4 heteroatoms. The zero-order chi connectivity index (χ0) is 17.0. The number of rotatable bonds is 5. The first kappa shape index (κ1) is 16.9. The van der Waals surface area contributed by atoms with Crippen molar-refractivity contribution in [3.63, 3.8) is 0 Å². The van der Waals surface area contributed by atoms with Crippen LogP contribution in [0.3, 0.4) is 0 Å². The number of amides is 1. The molecule has 0 bridgehead atoms. The highest BCUT2D eigenvalue weighted by molar-refractivity contribution is 5.80. The fraction of sp³-hybridized carbons (Fsp3) is 0.316. The number of carbonyl (C=O) groups excluding carboxylic acids is 1. The zero-order valence-electron chi connectivity index (χ0n) is 14.3. The predicted molar refractivity (Wildman–Crippen MR) is 92.1 cm³/mol. The van der Waals surface area contributed by atoms with E-state index >= 15 is 0 Å². The lowest BCUT2D eigenvalue weighted by Crippen LogP contribution is -2.23. The standard InChI is InChI=1S/C19H23NO3/c1-13-10-16(22-4)19(17(11-13)23-5)15-8-6-14(7-9-15)12-18(21)20(2)3/h6-11H,12H2,1-5H3.